The third kappa shape index (κ3) is 3.67. The summed E-state index contributed by atoms with van der Waals surface area (Å²) in [5.74, 6) is 0.340. The van der Waals surface area contributed by atoms with Crippen LogP contribution in [0.15, 0.2) is 146 Å². The van der Waals surface area contributed by atoms with E-state index in [1.165, 1.54) is 54.0 Å². The van der Waals surface area contributed by atoms with Crippen LogP contribution in [0.1, 0.15) is 65.8 Å². The molecule has 1 heterocycles. The van der Waals surface area contributed by atoms with Gasteiger partial charge >= 0.3 is 260 Å². The van der Waals surface area contributed by atoms with E-state index in [4.69, 9.17) is 0 Å². The SMILES string of the molecule is CC1c2cccc3c2[CH](c2ccccc2-3)[Ti]([CH2]c2ccccc2)([CH2]c2ccccc2)[CH]2c3ccccc3-c3cccc1c32. The molecule has 2 unspecified atom stereocenters. The van der Waals surface area contributed by atoms with Crippen LogP contribution in [-0.2, 0) is 26.0 Å². The minimum absolute atomic E-state index is 0.340. The van der Waals surface area contributed by atoms with E-state index < -0.39 is 16.6 Å². The molecule has 0 radical (unpaired) electrons. The topological polar surface area (TPSA) is 0 Å². The molecule has 9 rings (SSSR count). The molecule has 0 saturated heterocycles. The average Bonchev–Trinajstić information content (AvgIpc) is 3.59. The van der Waals surface area contributed by atoms with Gasteiger partial charge in [-0.05, 0) is 0 Å². The minimum atomic E-state index is -3.24. The molecule has 0 bridgehead atoms. The molecule has 43 heavy (non-hydrogen) atoms. The number of fused-ring (bicyclic) bond motifs is 6. The normalized spacial score (nSPS) is 19.9. The Morgan fingerprint density at radius 2 is 0.767 bits per heavy atom. The van der Waals surface area contributed by atoms with E-state index in [1.807, 2.05) is 0 Å². The molecule has 0 aromatic heterocycles. The Kier molecular flexibility index (Phi) is 5.81. The Balaban J connectivity index is 1.47. The van der Waals surface area contributed by atoms with Crippen LogP contribution < -0.4 is 0 Å². The first-order valence-electron chi connectivity index (χ1n) is 15.8. The van der Waals surface area contributed by atoms with Gasteiger partial charge in [-0.2, -0.15) is 0 Å². The van der Waals surface area contributed by atoms with Crippen molar-refractivity contribution in [3.63, 3.8) is 0 Å². The van der Waals surface area contributed by atoms with Gasteiger partial charge in [-0.25, -0.2) is 0 Å². The maximum atomic E-state index is 2.49. The van der Waals surface area contributed by atoms with E-state index >= 15 is 0 Å². The van der Waals surface area contributed by atoms with Crippen LogP contribution in [0.25, 0.3) is 22.3 Å². The molecule has 3 aliphatic rings. The molecule has 206 valence electrons. The van der Waals surface area contributed by atoms with Gasteiger partial charge in [-0.15, -0.1) is 0 Å². The van der Waals surface area contributed by atoms with E-state index in [9.17, 15) is 0 Å². The molecule has 6 aromatic rings. The molecular formula is C42H34Ti. The first-order valence-corrected chi connectivity index (χ1v) is 19.8. The number of rotatable bonds is 4. The van der Waals surface area contributed by atoms with Crippen molar-refractivity contribution in [2.24, 2.45) is 0 Å². The van der Waals surface area contributed by atoms with E-state index in [2.05, 4.69) is 153 Å². The second kappa shape index (κ2) is 9.78. The number of hydrogen-bond donors (Lipinski definition) is 0. The molecule has 0 N–H and O–H groups in total. The zero-order valence-corrected chi connectivity index (χ0v) is 26.1. The van der Waals surface area contributed by atoms with Gasteiger partial charge in [-0.1, -0.05) is 0 Å². The fraction of sp³-hybridized carbons (Fsp3) is 0.143. The third-order valence-electron chi connectivity index (χ3n) is 10.8. The standard InChI is InChI=1S/C28H20.2C7H7.Ti/c1-18(21-12-6-14-25-23-10-4-2-8-19(23)16-27(21)25)22-13-7-15-26-24-11-5-3-9-20(24)17-28(22)26;2*1-7-5-3-2-4-6-7;/h2-18H,1H3;2*2-6H,1H2;. The second-order valence-corrected chi connectivity index (χ2v) is 19.7. The molecule has 2 atom stereocenters. The summed E-state index contributed by atoms with van der Waals surface area (Å²) < 4.78 is 3.26. The summed E-state index contributed by atoms with van der Waals surface area (Å²) in [7, 11) is 0. The molecule has 0 amide bonds. The zero-order valence-electron chi connectivity index (χ0n) is 24.5. The zero-order chi connectivity index (χ0) is 28.5. The van der Waals surface area contributed by atoms with Crippen LogP contribution in [-0.4, -0.2) is 0 Å². The van der Waals surface area contributed by atoms with E-state index in [1.54, 1.807) is 22.3 Å². The number of hydrogen-bond acceptors (Lipinski definition) is 0. The van der Waals surface area contributed by atoms with E-state index in [-0.39, 0.29) is 0 Å². The summed E-state index contributed by atoms with van der Waals surface area (Å²) in [4.78, 5) is 0. The van der Waals surface area contributed by atoms with Gasteiger partial charge in [0.1, 0.15) is 0 Å². The van der Waals surface area contributed by atoms with Crippen LogP contribution in [0.2, 0.25) is 0 Å². The molecule has 0 spiro atoms. The van der Waals surface area contributed by atoms with Gasteiger partial charge in [0, 0.05) is 0 Å². The summed E-state index contributed by atoms with van der Waals surface area (Å²) in [6, 6.07) is 56.3. The molecule has 1 aliphatic heterocycles. The van der Waals surface area contributed by atoms with Crippen molar-refractivity contribution >= 4 is 0 Å². The summed E-state index contributed by atoms with van der Waals surface area (Å²) in [5, 5.41) is 0. The van der Waals surface area contributed by atoms with Crippen LogP contribution in [0.5, 0.6) is 0 Å². The van der Waals surface area contributed by atoms with Gasteiger partial charge in [-0.3, -0.25) is 0 Å². The second-order valence-electron chi connectivity index (χ2n) is 12.9. The van der Waals surface area contributed by atoms with Gasteiger partial charge in [0.15, 0.2) is 0 Å². The predicted octanol–water partition coefficient (Wildman–Crippen LogP) is 10.5. The quantitative estimate of drug-likeness (QED) is 0.180. The molecule has 0 nitrogen and oxygen atoms in total. The predicted molar refractivity (Wildman–Crippen MR) is 175 cm³/mol. The summed E-state index contributed by atoms with van der Waals surface area (Å²) in [5.41, 5.74) is 18.4. The molecule has 2 aliphatic carbocycles. The molecule has 0 saturated carbocycles. The Morgan fingerprint density at radius 3 is 1.23 bits per heavy atom. The Hall–Kier alpha value is -3.97. The molecular weight excluding hydrogens is 552 g/mol. The monoisotopic (exact) mass is 586 g/mol. The van der Waals surface area contributed by atoms with Crippen molar-refractivity contribution in [2.75, 3.05) is 0 Å². The molecule has 6 aromatic carbocycles. The van der Waals surface area contributed by atoms with E-state index in [0.717, 1.165) is 0 Å². The van der Waals surface area contributed by atoms with Crippen LogP contribution in [0, 0.1) is 0 Å². The Bertz CT molecular complexity index is 1860. The fourth-order valence-corrected chi connectivity index (χ4v) is 19.9. The van der Waals surface area contributed by atoms with E-state index in [0.29, 0.717) is 14.4 Å². The fourth-order valence-electron chi connectivity index (χ4n) is 9.29. The first kappa shape index (κ1) is 25.5. The first-order chi connectivity index (χ1) is 21.2. The van der Waals surface area contributed by atoms with Gasteiger partial charge in [0.2, 0.25) is 0 Å². The maximum absolute atomic E-state index is 3.24. The van der Waals surface area contributed by atoms with Crippen molar-refractivity contribution in [2.45, 2.75) is 30.7 Å². The van der Waals surface area contributed by atoms with Crippen LogP contribution >= 0.6 is 0 Å². The van der Waals surface area contributed by atoms with Crippen LogP contribution in [0.4, 0.5) is 0 Å². The van der Waals surface area contributed by atoms with Crippen molar-refractivity contribution in [3.05, 3.63) is 190 Å². The third-order valence-corrected chi connectivity index (χ3v) is 19.6. The van der Waals surface area contributed by atoms with Crippen molar-refractivity contribution in [1.29, 1.82) is 0 Å². The summed E-state index contributed by atoms with van der Waals surface area (Å²) in [6.07, 6.45) is 0. The molecule has 0 fully saturated rings. The van der Waals surface area contributed by atoms with Gasteiger partial charge in [0.25, 0.3) is 0 Å². The number of benzene rings is 6. The average molecular weight is 587 g/mol. The van der Waals surface area contributed by atoms with Gasteiger partial charge in [0.05, 0.1) is 0 Å². The Labute approximate surface area is 258 Å². The van der Waals surface area contributed by atoms with Crippen molar-refractivity contribution in [1.82, 2.24) is 0 Å². The Morgan fingerprint density at radius 1 is 0.395 bits per heavy atom. The summed E-state index contributed by atoms with van der Waals surface area (Å²) in [6.45, 7) is 2.47. The van der Waals surface area contributed by atoms with Crippen molar-refractivity contribution < 1.29 is 16.6 Å². The van der Waals surface area contributed by atoms with Crippen molar-refractivity contribution in [3.8, 4) is 22.3 Å². The molecule has 1 heteroatoms. The van der Waals surface area contributed by atoms with Gasteiger partial charge < -0.3 is 0 Å². The van der Waals surface area contributed by atoms with Crippen LogP contribution in [0.3, 0.4) is 0 Å². The summed E-state index contributed by atoms with van der Waals surface area (Å²) >= 11 is -3.24.